The summed E-state index contributed by atoms with van der Waals surface area (Å²) in [6.07, 6.45) is 10.5. The number of ether oxygens (including phenoxy) is 8. The number of piperidine rings is 1. The molecule has 0 radical (unpaired) electrons. The predicted molar refractivity (Wildman–Crippen MR) is 283 cm³/mol. The molecule has 15 unspecified atom stereocenters. The van der Waals surface area contributed by atoms with Crippen LogP contribution in [0.25, 0.3) is 0 Å². The summed E-state index contributed by atoms with van der Waals surface area (Å²) in [5, 5.41) is 23.6. The van der Waals surface area contributed by atoms with E-state index in [1.807, 2.05) is 58.1 Å². The maximum absolute atomic E-state index is 14.6. The quantitative estimate of drug-likeness (QED) is 0.136. The fourth-order valence-corrected chi connectivity index (χ4v) is 11.4. The van der Waals surface area contributed by atoms with Gasteiger partial charge in [0.1, 0.15) is 41.7 Å². The van der Waals surface area contributed by atoms with Crippen molar-refractivity contribution in [1.29, 1.82) is 0 Å². The lowest BCUT2D eigenvalue weighted by Gasteiger charge is -2.43. The zero-order valence-corrected chi connectivity index (χ0v) is 47.7. The Morgan fingerprint density at radius 1 is 0.829 bits per heavy atom. The number of Topliss-reactive ketones (excluding diaryl/α,β-unsaturated/α-hetero) is 3. The van der Waals surface area contributed by atoms with E-state index in [1.165, 1.54) is 12.0 Å². The molecular weight excluding hydrogens is 979 g/mol. The Morgan fingerprint density at radius 3 is 2.18 bits per heavy atom. The van der Waals surface area contributed by atoms with Gasteiger partial charge in [0.25, 0.3) is 11.7 Å². The van der Waals surface area contributed by atoms with Crippen LogP contribution in [-0.2, 0) is 66.7 Å². The van der Waals surface area contributed by atoms with Gasteiger partial charge in [-0.15, -0.1) is 0 Å². The standard InChI is InChI=1S/C59H91NO16/c1-35-19-15-14-16-20-36(2)47(69-11)31-43-24-22-41(7)59(68,76-43)53(64)54(65)60-26-18-17-21-44(60)55(66)74-48(32-45(61)37(3)28-40(6)51(63)52(71-13)50(62)39(5)27-35)38(4)29-42-23-25-46(49(30-42)70-12)75-56(67)58(10)33-72-57(8,9)73-34-58/h14-16,19-20,28,35,37-39,41-44,46-49,51-52,63,68H,17-18,21-27,29-34H2,1-13H3/b16-14?,19-15+,36-20?,40-28+. The van der Waals surface area contributed by atoms with Crippen molar-refractivity contribution in [3.8, 4) is 0 Å². The van der Waals surface area contributed by atoms with Gasteiger partial charge in [-0.2, -0.15) is 0 Å². The number of hydrogen-bond donors (Lipinski definition) is 2. The van der Waals surface area contributed by atoms with Crippen LogP contribution < -0.4 is 0 Å². The first kappa shape index (κ1) is 62.9. The number of rotatable bonds is 8. The van der Waals surface area contributed by atoms with Crippen LogP contribution in [0.15, 0.2) is 47.6 Å². The summed E-state index contributed by atoms with van der Waals surface area (Å²) in [7, 11) is 4.52. The Hall–Kier alpha value is -3.94. The van der Waals surface area contributed by atoms with Crippen LogP contribution in [-0.4, -0.2) is 152 Å². The molecule has 0 spiro atoms. The van der Waals surface area contributed by atoms with E-state index >= 15 is 0 Å². The van der Waals surface area contributed by atoms with Gasteiger partial charge in [0.2, 0.25) is 5.79 Å². The van der Waals surface area contributed by atoms with Crippen LogP contribution in [0.5, 0.6) is 0 Å². The van der Waals surface area contributed by atoms with E-state index in [0.29, 0.717) is 69.8 Å². The summed E-state index contributed by atoms with van der Waals surface area (Å²) in [6.45, 7) is 18.3. The number of aliphatic hydroxyl groups excluding tert-OH is 1. The molecule has 17 heteroatoms. The number of nitrogens with zero attached hydrogens (tertiary/aromatic N) is 1. The zero-order valence-electron chi connectivity index (χ0n) is 47.7. The highest BCUT2D eigenvalue weighted by Crippen LogP contribution is 2.39. The van der Waals surface area contributed by atoms with Gasteiger partial charge in [-0.3, -0.25) is 24.0 Å². The molecule has 5 aliphatic rings. The first-order valence-electron chi connectivity index (χ1n) is 27.8. The number of allylic oxidation sites excluding steroid dienone is 6. The maximum Gasteiger partial charge on any atom is 0.329 e. The number of fused-ring (bicyclic) bond motifs is 3. The molecule has 0 aromatic rings. The van der Waals surface area contributed by atoms with Crippen molar-refractivity contribution in [3.63, 3.8) is 0 Å². The second kappa shape index (κ2) is 27.8. The van der Waals surface area contributed by atoms with Crippen molar-refractivity contribution in [1.82, 2.24) is 4.90 Å². The largest absolute Gasteiger partial charge is 0.460 e. The number of ketones is 3. The molecule has 1 aliphatic carbocycles. The molecular formula is C59H91NO16. The second-order valence-corrected chi connectivity index (χ2v) is 23.5. The smallest absolute Gasteiger partial charge is 0.329 e. The van der Waals surface area contributed by atoms with Gasteiger partial charge in [-0.05, 0) is 128 Å². The normalized spacial score (nSPS) is 37.7. The Balaban J connectivity index is 1.43. The molecule has 0 aromatic carbocycles. The molecule has 2 bridgehead atoms. The van der Waals surface area contributed by atoms with E-state index in [-0.39, 0.29) is 56.0 Å². The van der Waals surface area contributed by atoms with Crippen LogP contribution in [0.2, 0.25) is 0 Å². The SMILES string of the molecule is COC1CC2CCC(C)C(O)(O2)C(=O)C(=O)N2CCCCC2C(=O)OC(C(C)CC2CCC(OC(=O)C3(C)COC(C)(C)OC3)C(OC)C2)CC(=O)C(C)/C=C(\C)C(O)C(OC)C(=O)C(C)CC(C)/C=C/C=CC=C1C. The highest BCUT2D eigenvalue weighted by atomic mass is 16.7. The molecule has 15 atom stereocenters. The number of carbonyl (C=O) groups is 6. The fraction of sp³-hybridized carbons (Fsp3) is 0.763. The molecule has 3 saturated heterocycles. The fourth-order valence-electron chi connectivity index (χ4n) is 11.4. The molecule has 76 heavy (non-hydrogen) atoms. The van der Waals surface area contributed by atoms with Crippen molar-refractivity contribution in [2.75, 3.05) is 41.1 Å². The summed E-state index contributed by atoms with van der Waals surface area (Å²) in [4.78, 5) is 86.3. The molecule has 4 fully saturated rings. The number of esters is 2. The van der Waals surface area contributed by atoms with E-state index in [9.17, 15) is 39.0 Å². The van der Waals surface area contributed by atoms with Crippen molar-refractivity contribution in [2.24, 2.45) is 40.9 Å². The monoisotopic (exact) mass is 1070 g/mol. The third-order valence-corrected chi connectivity index (χ3v) is 16.7. The number of amides is 1. The molecule has 428 valence electrons. The average Bonchev–Trinajstić information content (AvgIpc) is 3.39. The van der Waals surface area contributed by atoms with Crippen molar-refractivity contribution < 1.29 is 76.9 Å². The van der Waals surface area contributed by atoms with Gasteiger partial charge in [-0.1, -0.05) is 71.1 Å². The van der Waals surface area contributed by atoms with E-state index < -0.39 is 113 Å². The van der Waals surface area contributed by atoms with Gasteiger partial charge in [-0.25, -0.2) is 4.79 Å². The van der Waals surface area contributed by atoms with Crippen LogP contribution in [0.1, 0.15) is 146 Å². The van der Waals surface area contributed by atoms with E-state index in [2.05, 4.69) is 0 Å². The van der Waals surface area contributed by atoms with E-state index in [1.54, 1.807) is 61.8 Å². The molecule has 5 rings (SSSR count). The van der Waals surface area contributed by atoms with Gasteiger partial charge >= 0.3 is 11.9 Å². The molecule has 1 saturated carbocycles. The highest BCUT2D eigenvalue weighted by Gasteiger charge is 2.53. The molecule has 17 nitrogen and oxygen atoms in total. The third-order valence-electron chi connectivity index (χ3n) is 16.7. The van der Waals surface area contributed by atoms with Gasteiger partial charge < -0.3 is 53.0 Å². The van der Waals surface area contributed by atoms with Gasteiger partial charge in [0, 0.05) is 58.5 Å². The van der Waals surface area contributed by atoms with Crippen molar-refractivity contribution >= 4 is 35.2 Å². The minimum atomic E-state index is -2.46. The van der Waals surface area contributed by atoms with E-state index in [0.717, 1.165) is 5.57 Å². The molecule has 4 heterocycles. The number of cyclic esters (lactones) is 1. The van der Waals surface area contributed by atoms with Crippen LogP contribution in [0.4, 0.5) is 0 Å². The number of carbonyl (C=O) groups excluding carboxylic acids is 6. The molecule has 4 aliphatic heterocycles. The Labute approximate surface area is 451 Å². The van der Waals surface area contributed by atoms with Gasteiger partial charge in [0.05, 0.1) is 31.5 Å². The lowest BCUT2D eigenvalue weighted by atomic mass is 9.78. The van der Waals surface area contributed by atoms with Crippen molar-refractivity contribution in [2.45, 2.75) is 207 Å². The molecule has 0 aromatic heterocycles. The minimum Gasteiger partial charge on any atom is -0.460 e. The third kappa shape index (κ3) is 16.1. The van der Waals surface area contributed by atoms with Crippen LogP contribution in [0.3, 0.4) is 0 Å². The first-order chi connectivity index (χ1) is 35.8. The van der Waals surface area contributed by atoms with Crippen LogP contribution in [0, 0.1) is 40.9 Å². The lowest BCUT2D eigenvalue weighted by molar-refractivity contribution is -0.283. The summed E-state index contributed by atoms with van der Waals surface area (Å²) < 4.78 is 47.6. The topological polar surface area (TPSA) is 220 Å². The second-order valence-electron chi connectivity index (χ2n) is 23.5. The number of methoxy groups -OCH3 is 3. The summed E-state index contributed by atoms with van der Waals surface area (Å²) in [5.41, 5.74) is 0.243. The Bertz CT molecular complexity index is 2140. The maximum atomic E-state index is 14.6. The van der Waals surface area contributed by atoms with E-state index in [4.69, 9.17) is 37.9 Å². The first-order valence-corrected chi connectivity index (χ1v) is 27.8. The minimum absolute atomic E-state index is 0.000496. The van der Waals surface area contributed by atoms with Crippen LogP contribution >= 0.6 is 0 Å². The highest BCUT2D eigenvalue weighted by molar-refractivity contribution is 6.39. The zero-order chi connectivity index (χ0) is 56.3. The van der Waals surface area contributed by atoms with Crippen molar-refractivity contribution in [3.05, 3.63) is 47.6 Å². The molecule has 1 amide bonds. The molecule has 2 N–H and O–H groups in total. The Kier molecular flexibility index (Phi) is 23.0. The summed E-state index contributed by atoms with van der Waals surface area (Å²) in [5.74, 6) is -9.63. The summed E-state index contributed by atoms with van der Waals surface area (Å²) >= 11 is 0. The Morgan fingerprint density at radius 2 is 1.53 bits per heavy atom. The summed E-state index contributed by atoms with van der Waals surface area (Å²) in [6, 6.07) is -1.18. The average molecular weight is 1070 g/mol. The lowest BCUT2D eigenvalue weighted by Crippen LogP contribution is -2.61. The number of hydrogen-bond acceptors (Lipinski definition) is 16. The van der Waals surface area contributed by atoms with Gasteiger partial charge in [0.15, 0.2) is 11.6 Å². The number of aliphatic hydroxyl groups is 2. The predicted octanol–water partition coefficient (Wildman–Crippen LogP) is 7.52.